The monoisotopic (exact) mass is 515 g/mol. The lowest BCUT2D eigenvalue weighted by Crippen LogP contribution is -2.43. The fraction of sp³-hybridized carbons (Fsp3) is 0.524. The van der Waals surface area contributed by atoms with E-state index in [2.05, 4.69) is 51.9 Å². The lowest BCUT2D eigenvalue weighted by molar-refractivity contribution is 0.0302. The zero-order valence-corrected chi connectivity index (χ0v) is 20.6. The molecule has 0 aliphatic heterocycles. The Bertz CT molecular complexity index is 826. The van der Waals surface area contributed by atoms with Crippen molar-refractivity contribution >= 4 is 46.9 Å². The molecule has 0 unspecified atom stereocenters. The molecule has 0 atom stereocenters. The van der Waals surface area contributed by atoms with Gasteiger partial charge in [0.05, 0.1) is 0 Å². The van der Waals surface area contributed by atoms with Gasteiger partial charge in [0.2, 0.25) is 0 Å². The molecule has 0 fully saturated rings. The number of ether oxygens (including phenoxy) is 1. The van der Waals surface area contributed by atoms with Gasteiger partial charge in [0.15, 0.2) is 5.96 Å². The Kier molecular flexibility index (Phi) is 9.75. The number of fused-ring (bicyclic) bond motifs is 1. The van der Waals surface area contributed by atoms with E-state index in [0.717, 1.165) is 13.0 Å². The molecule has 0 radical (unpaired) electrons. The van der Waals surface area contributed by atoms with Gasteiger partial charge in [0.25, 0.3) is 0 Å². The van der Waals surface area contributed by atoms with Crippen LogP contribution in [-0.2, 0) is 11.2 Å². The smallest absolute Gasteiger partial charge is 0.410 e. The molecular weight excluding hydrogens is 481 g/mol. The quantitative estimate of drug-likeness (QED) is 0.312. The number of rotatable bonds is 6. The highest BCUT2D eigenvalue weighted by Gasteiger charge is 2.19. The number of aromatic amines is 1. The summed E-state index contributed by atoms with van der Waals surface area (Å²) in [6.07, 6.45) is 2.63. The molecule has 1 heterocycles. The van der Waals surface area contributed by atoms with E-state index in [-0.39, 0.29) is 30.1 Å². The van der Waals surface area contributed by atoms with Gasteiger partial charge in [-0.2, -0.15) is 0 Å². The molecule has 0 spiro atoms. The topological polar surface area (TPSA) is 81.8 Å². The normalized spacial score (nSPS) is 11.7. The molecule has 0 saturated carbocycles. The number of halogens is 1. The average Bonchev–Trinajstić information content (AvgIpc) is 3.00. The third kappa shape index (κ3) is 8.12. The van der Waals surface area contributed by atoms with Crippen LogP contribution in [0.1, 0.15) is 31.9 Å². The minimum Gasteiger partial charge on any atom is -0.444 e. The summed E-state index contributed by atoms with van der Waals surface area (Å²) in [5.41, 5.74) is 3.21. The van der Waals surface area contributed by atoms with Crippen molar-refractivity contribution < 1.29 is 9.53 Å². The van der Waals surface area contributed by atoms with E-state index in [1.165, 1.54) is 22.0 Å². The number of carbonyl (C=O) groups is 1. The highest BCUT2D eigenvalue weighted by molar-refractivity contribution is 14.0. The Morgan fingerprint density at radius 2 is 1.93 bits per heavy atom. The van der Waals surface area contributed by atoms with Crippen LogP contribution in [0.15, 0.2) is 29.4 Å². The number of aryl methyl sites for hydroxylation is 1. The van der Waals surface area contributed by atoms with Crippen LogP contribution < -0.4 is 10.6 Å². The number of guanidine groups is 1. The average molecular weight is 515 g/mol. The van der Waals surface area contributed by atoms with Gasteiger partial charge in [-0.1, -0.05) is 12.1 Å². The maximum atomic E-state index is 12.0. The van der Waals surface area contributed by atoms with Crippen molar-refractivity contribution in [2.75, 3.05) is 33.7 Å². The molecule has 7 nitrogen and oxygen atoms in total. The molecule has 0 saturated heterocycles. The van der Waals surface area contributed by atoms with Crippen LogP contribution in [0, 0.1) is 6.92 Å². The van der Waals surface area contributed by atoms with E-state index >= 15 is 0 Å². The van der Waals surface area contributed by atoms with Crippen molar-refractivity contribution in [1.82, 2.24) is 20.5 Å². The first kappa shape index (κ1) is 25.1. The number of aliphatic imine (C=N–C) groups is 1. The summed E-state index contributed by atoms with van der Waals surface area (Å²) in [6, 6.07) is 6.46. The molecule has 1 aromatic heterocycles. The van der Waals surface area contributed by atoms with E-state index < -0.39 is 5.60 Å². The predicted octanol–water partition coefficient (Wildman–Crippen LogP) is 3.67. The zero-order chi connectivity index (χ0) is 20.7. The van der Waals surface area contributed by atoms with Crippen molar-refractivity contribution in [3.05, 3.63) is 35.5 Å². The molecule has 0 aliphatic rings. The van der Waals surface area contributed by atoms with Gasteiger partial charge in [-0.25, -0.2) is 4.79 Å². The summed E-state index contributed by atoms with van der Waals surface area (Å²) < 4.78 is 5.34. The third-order valence-corrected chi connectivity index (χ3v) is 4.28. The number of hydrogen-bond acceptors (Lipinski definition) is 3. The molecule has 0 aliphatic carbocycles. The van der Waals surface area contributed by atoms with Crippen molar-refractivity contribution in [3.8, 4) is 0 Å². The summed E-state index contributed by atoms with van der Waals surface area (Å²) in [6.45, 7) is 9.55. The standard InChI is InChI=1S/C21H33N5O2.HI/c1-15-7-8-17-16(14-25-18(17)13-15)9-10-23-19(22-5)24-11-12-26(6)20(27)28-21(2,3)4;/h7-8,13-14,25H,9-12H2,1-6H3,(H2,22,23,24);1H. The van der Waals surface area contributed by atoms with Crippen molar-refractivity contribution in [1.29, 1.82) is 0 Å². The van der Waals surface area contributed by atoms with Gasteiger partial charge in [0, 0.05) is 50.8 Å². The molecular formula is C21H34IN5O2. The van der Waals surface area contributed by atoms with Crippen LogP contribution in [0.2, 0.25) is 0 Å². The Morgan fingerprint density at radius 3 is 2.59 bits per heavy atom. The molecule has 2 rings (SSSR count). The summed E-state index contributed by atoms with van der Waals surface area (Å²) in [5, 5.41) is 7.80. The minimum absolute atomic E-state index is 0. The van der Waals surface area contributed by atoms with Gasteiger partial charge in [-0.15, -0.1) is 24.0 Å². The molecule has 8 heteroatoms. The second-order valence-corrected chi connectivity index (χ2v) is 7.94. The second-order valence-electron chi connectivity index (χ2n) is 7.94. The van der Waals surface area contributed by atoms with Crippen LogP contribution in [0.25, 0.3) is 10.9 Å². The number of nitrogens with zero attached hydrogens (tertiary/aromatic N) is 2. The number of likely N-dealkylation sites (N-methyl/N-ethyl adjacent to an activating group) is 1. The molecule has 2 aromatic rings. The number of carbonyl (C=O) groups excluding carboxylic acids is 1. The number of H-pyrrole nitrogens is 1. The van der Waals surface area contributed by atoms with Crippen LogP contribution in [0.3, 0.4) is 0 Å². The molecule has 0 bridgehead atoms. The van der Waals surface area contributed by atoms with E-state index in [4.69, 9.17) is 4.74 Å². The van der Waals surface area contributed by atoms with Gasteiger partial charge >= 0.3 is 6.09 Å². The van der Waals surface area contributed by atoms with Gasteiger partial charge < -0.3 is 25.3 Å². The van der Waals surface area contributed by atoms with Crippen molar-refractivity contribution in [2.45, 2.75) is 39.7 Å². The van der Waals surface area contributed by atoms with Crippen molar-refractivity contribution in [2.24, 2.45) is 4.99 Å². The van der Waals surface area contributed by atoms with Crippen molar-refractivity contribution in [3.63, 3.8) is 0 Å². The summed E-state index contributed by atoms with van der Waals surface area (Å²) in [5.74, 6) is 0.716. The second kappa shape index (κ2) is 11.3. The molecule has 162 valence electrons. The number of aromatic nitrogens is 1. The number of amides is 1. The zero-order valence-electron chi connectivity index (χ0n) is 18.3. The number of hydrogen-bond donors (Lipinski definition) is 3. The summed E-state index contributed by atoms with van der Waals surface area (Å²) in [7, 11) is 3.46. The van der Waals surface area contributed by atoms with Crippen LogP contribution in [0.4, 0.5) is 4.79 Å². The van der Waals surface area contributed by atoms with E-state index in [0.29, 0.717) is 19.0 Å². The highest BCUT2D eigenvalue weighted by Crippen LogP contribution is 2.19. The predicted molar refractivity (Wildman–Crippen MR) is 130 cm³/mol. The molecule has 29 heavy (non-hydrogen) atoms. The lowest BCUT2D eigenvalue weighted by atomic mass is 10.1. The first-order chi connectivity index (χ1) is 13.2. The van der Waals surface area contributed by atoms with Crippen LogP contribution in [-0.4, -0.2) is 61.3 Å². The highest BCUT2D eigenvalue weighted by atomic mass is 127. The maximum Gasteiger partial charge on any atom is 0.410 e. The van der Waals surface area contributed by atoms with Gasteiger partial charge in [-0.05, 0) is 51.3 Å². The van der Waals surface area contributed by atoms with E-state index in [9.17, 15) is 4.79 Å². The molecule has 3 N–H and O–H groups in total. The Balaban J connectivity index is 0.00000420. The van der Waals surface area contributed by atoms with Gasteiger partial charge in [0.1, 0.15) is 5.60 Å². The molecule has 1 aromatic carbocycles. The Labute approximate surface area is 190 Å². The Hall–Kier alpha value is -1.97. The van der Waals surface area contributed by atoms with Gasteiger partial charge in [-0.3, -0.25) is 4.99 Å². The van der Waals surface area contributed by atoms with Crippen LogP contribution >= 0.6 is 24.0 Å². The fourth-order valence-electron chi connectivity index (χ4n) is 2.82. The SMILES string of the molecule is CN=C(NCCc1c[nH]c2cc(C)ccc12)NCCN(C)C(=O)OC(C)(C)C.I. The maximum absolute atomic E-state index is 12.0. The summed E-state index contributed by atoms with van der Waals surface area (Å²) >= 11 is 0. The number of nitrogens with one attached hydrogen (secondary N) is 3. The lowest BCUT2D eigenvalue weighted by Gasteiger charge is -2.24. The minimum atomic E-state index is -0.489. The Morgan fingerprint density at radius 1 is 1.24 bits per heavy atom. The largest absolute Gasteiger partial charge is 0.444 e. The molecule has 1 amide bonds. The first-order valence-corrected chi connectivity index (χ1v) is 9.65. The third-order valence-electron chi connectivity index (χ3n) is 4.28. The fourth-order valence-corrected chi connectivity index (χ4v) is 2.82. The summed E-state index contributed by atoms with van der Waals surface area (Å²) in [4.78, 5) is 21.1. The van der Waals surface area contributed by atoms with E-state index in [1.807, 2.05) is 20.8 Å². The first-order valence-electron chi connectivity index (χ1n) is 9.65. The van der Waals surface area contributed by atoms with Crippen LogP contribution in [0.5, 0.6) is 0 Å². The van der Waals surface area contributed by atoms with E-state index in [1.54, 1.807) is 19.0 Å². The number of benzene rings is 1.